The third-order valence-electron chi connectivity index (χ3n) is 1.87. The van der Waals surface area contributed by atoms with E-state index in [4.69, 9.17) is 5.73 Å². The van der Waals surface area contributed by atoms with Crippen molar-refractivity contribution in [3.05, 3.63) is 42.5 Å². The lowest BCUT2D eigenvalue weighted by atomic mass is 10.3. The minimum Gasteiger partial charge on any atom is -0.397 e. The van der Waals surface area contributed by atoms with E-state index >= 15 is 0 Å². The normalized spacial score (nSPS) is 9.87. The fourth-order valence-electron chi connectivity index (χ4n) is 1.18. The Morgan fingerprint density at radius 3 is 3.00 bits per heavy atom. The lowest BCUT2D eigenvalue weighted by Gasteiger charge is -2.01. The first-order valence-corrected chi connectivity index (χ1v) is 4.41. The van der Waals surface area contributed by atoms with Crippen LogP contribution < -0.4 is 11.1 Å². The highest BCUT2D eigenvalue weighted by molar-refractivity contribution is 6.03. The molecule has 0 spiro atoms. The molecule has 0 bridgehead atoms. The number of pyridine rings is 1. The van der Waals surface area contributed by atoms with Crippen molar-refractivity contribution in [2.75, 3.05) is 11.1 Å². The van der Waals surface area contributed by atoms with Crippen LogP contribution in [0.1, 0.15) is 10.5 Å². The average molecular weight is 202 g/mol. The average Bonchev–Trinajstić information content (AvgIpc) is 2.66. The number of carbonyl (C=O) groups excluding carboxylic acids is 1. The predicted octanol–water partition coefficient (Wildman–Crippen LogP) is 1.24. The zero-order chi connectivity index (χ0) is 10.7. The number of carbonyl (C=O) groups is 1. The largest absolute Gasteiger partial charge is 0.397 e. The highest BCUT2D eigenvalue weighted by atomic mass is 16.1. The maximum absolute atomic E-state index is 11.6. The summed E-state index contributed by atoms with van der Waals surface area (Å²) in [6.07, 6.45) is 4.78. The number of nitrogens with one attached hydrogen (secondary N) is 2. The number of nitrogens with two attached hydrogens (primary N) is 1. The van der Waals surface area contributed by atoms with Crippen LogP contribution in [0.25, 0.3) is 0 Å². The molecule has 0 aliphatic rings. The van der Waals surface area contributed by atoms with Gasteiger partial charge in [-0.2, -0.15) is 0 Å². The van der Waals surface area contributed by atoms with Crippen LogP contribution in [-0.2, 0) is 0 Å². The molecule has 0 saturated heterocycles. The van der Waals surface area contributed by atoms with Crippen molar-refractivity contribution < 1.29 is 4.79 Å². The SMILES string of the molecule is Nc1c[nH]c(C(=O)Nc2cccnc2)c1. The number of nitrogen functional groups attached to an aromatic ring is 1. The molecular formula is C10H10N4O. The summed E-state index contributed by atoms with van der Waals surface area (Å²) in [6, 6.07) is 5.08. The van der Waals surface area contributed by atoms with Gasteiger partial charge >= 0.3 is 0 Å². The summed E-state index contributed by atoms with van der Waals surface area (Å²) < 4.78 is 0. The van der Waals surface area contributed by atoms with Crippen LogP contribution in [0.2, 0.25) is 0 Å². The summed E-state index contributed by atoms with van der Waals surface area (Å²) in [5.74, 6) is -0.236. The van der Waals surface area contributed by atoms with Gasteiger partial charge in [0.2, 0.25) is 0 Å². The molecule has 1 amide bonds. The number of nitrogens with zero attached hydrogens (tertiary/aromatic N) is 1. The predicted molar refractivity (Wildman–Crippen MR) is 57.4 cm³/mol. The van der Waals surface area contributed by atoms with E-state index in [9.17, 15) is 4.79 Å². The zero-order valence-corrected chi connectivity index (χ0v) is 7.90. The van der Waals surface area contributed by atoms with Gasteiger partial charge < -0.3 is 16.0 Å². The first kappa shape index (κ1) is 9.26. The zero-order valence-electron chi connectivity index (χ0n) is 7.90. The molecule has 2 heterocycles. The molecular weight excluding hydrogens is 192 g/mol. The van der Waals surface area contributed by atoms with E-state index in [1.165, 1.54) is 0 Å². The maximum atomic E-state index is 11.6. The molecule has 0 atom stereocenters. The second-order valence-corrected chi connectivity index (χ2v) is 3.04. The molecule has 76 valence electrons. The van der Waals surface area contributed by atoms with Gasteiger partial charge in [-0.25, -0.2) is 0 Å². The highest BCUT2D eigenvalue weighted by Crippen LogP contribution is 2.08. The third kappa shape index (κ3) is 2.14. The minimum atomic E-state index is -0.236. The number of aromatic nitrogens is 2. The number of hydrogen-bond donors (Lipinski definition) is 3. The second kappa shape index (κ2) is 3.83. The first-order chi connectivity index (χ1) is 7.25. The summed E-state index contributed by atoms with van der Waals surface area (Å²) >= 11 is 0. The van der Waals surface area contributed by atoms with Crippen molar-refractivity contribution in [1.82, 2.24) is 9.97 Å². The summed E-state index contributed by atoms with van der Waals surface area (Å²) in [5, 5.41) is 2.68. The van der Waals surface area contributed by atoms with Crippen molar-refractivity contribution in [2.45, 2.75) is 0 Å². The lowest BCUT2D eigenvalue weighted by molar-refractivity contribution is 0.102. The molecule has 0 fully saturated rings. The van der Waals surface area contributed by atoms with Gasteiger partial charge in [0.15, 0.2) is 0 Å². The van der Waals surface area contributed by atoms with Crippen LogP contribution in [0.3, 0.4) is 0 Å². The Morgan fingerprint density at radius 1 is 1.53 bits per heavy atom. The number of hydrogen-bond acceptors (Lipinski definition) is 3. The van der Waals surface area contributed by atoms with Crippen molar-refractivity contribution in [2.24, 2.45) is 0 Å². The Bertz CT molecular complexity index is 463. The van der Waals surface area contributed by atoms with E-state index in [0.29, 0.717) is 17.1 Å². The summed E-state index contributed by atoms with van der Waals surface area (Å²) in [5.41, 5.74) is 7.10. The van der Waals surface area contributed by atoms with E-state index in [1.807, 2.05) is 0 Å². The minimum absolute atomic E-state index is 0.236. The topological polar surface area (TPSA) is 83.8 Å². The van der Waals surface area contributed by atoms with Gasteiger partial charge in [0, 0.05) is 18.1 Å². The number of H-pyrrole nitrogens is 1. The molecule has 2 aromatic heterocycles. The Labute approximate surface area is 86.3 Å². The Kier molecular flexibility index (Phi) is 2.37. The smallest absolute Gasteiger partial charge is 0.272 e. The molecule has 4 N–H and O–H groups in total. The number of anilines is 2. The van der Waals surface area contributed by atoms with Crippen LogP contribution >= 0.6 is 0 Å². The molecule has 15 heavy (non-hydrogen) atoms. The molecule has 0 radical (unpaired) electrons. The van der Waals surface area contributed by atoms with Gasteiger partial charge in [-0.15, -0.1) is 0 Å². The molecule has 0 aromatic carbocycles. The van der Waals surface area contributed by atoms with Crippen LogP contribution in [0.5, 0.6) is 0 Å². The number of amides is 1. The molecule has 0 saturated carbocycles. The molecule has 2 rings (SSSR count). The van der Waals surface area contributed by atoms with E-state index in [-0.39, 0.29) is 5.91 Å². The number of rotatable bonds is 2. The van der Waals surface area contributed by atoms with Crippen molar-refractivity contribution in [3.63, 3.8) is 0 Å². The third-order valence-corrected chi connectivity index (χ3v) is 1.87. The molecule has 5 nitrogen and oxygen atoms in total. The second-order valence-electron chi connectivity index (χ2n) is 3.04. The summed E-state index contributed by atoms with van der Waals surface area (Å²) in [4.78, 5) is 18.3. The van der Waals surface area contributed by atoms with Gasteiger partial charge in [-0.1, -0.05) is 0 Å². The van der Waals surface area contributed by atoms with Gasteiger partial charge in [0.05, 0.1) is 11.9 Å². The van der Waals surface area contributed by atoms with Crippen molar-refractivity contribution in [1.29, 1.82) is 0 Å². The molecule has 2 aromatic rings. The molecule has 5 heteroatoms. The van der Waals surface area contributed by atoms with E-state index in [2.05, 4.69) is 15.3 Å². The Morgan fingerprint density at radius 2 is 2.40 bits per heavy atom. The van der Waals surface area contributed by atoms with Crippen LogP contribution in [0.4, 0.5) is 11.4 Å². The molecule has 0 aliphatic heterocycles. The summed E-state index contributed by atoms with van der Waals surface area (Å²) in [7, 11) is 0. The Hall–Kier alpha value is -2.30. The summed E-state index contributed by atoms with van der Waals surface area (Å²) in [6.45, 7) is 0. The lowest BCUT2D eigenvalue weighted by Crippen LogP contribution is -2.12. The quantitative estimate of drug-likeness (QED) is 0.685. The van der Waals surface area contributed by atoms with Gasteiger partial charge in [0.25, 0.3) is 5.91 Å². The fourth-order valence-corrected chi connectivity index (χ4v) is 1.18. The van der Waals surface area contributed by atoms with E-state index < -0.39 is 0 Å². The Balaban J connectivity index is 2.11. The van der Waals surface area contributed by atoms with Crippen molar-refractivity contribution in [3.8, 4) is 0 Å². The fraction of sp³-hybridized carbons (Fsp3) is 0. The molecule has 0 unspecified atom stereocenters. The van der Waals surface area contributed by atoms with Crippen molar-refractivity contribution >= 4 is 17.3 Å². The van der Waals surface area contributed by atoms with Gasteiger partial charge in [0.1, 0.15) is 5.69 Å². The number of aromatic amines is 1. The van der Waals surface area contributed by atoms with Gasteiger partial charge in [-0.3, -0.25) is 9.78 Å². The van der Waals surface area contributed by atoms with Crippen LogP contribution in [0.15, 0.2) is 36.8 Å². The van der Waals surface area contributed by atoms with E-state index in [0.717, 1.165) is 0 Å². The molecule has 0 aliphatic carbocycles. The maximum Gasteiger partial charge on any atom is 0.272 e. The van der Waals surface area contributed by atoms with Crippen LogP contribution in [0, 0.1) is 0 Å². The standard InChI is InChI=1S/C10H10N4O/c11-7-4-9(13-5-7)10(15)14-8-2-1-3-12-6-8/h1-6,13H,11H2,(H,14,15). The van der Waals surface area contributed by atoms with Gasteiger partial charge in [-0.05, 0) is 18.2 Å². The van der Waals surface area contributed by atoms with E-state index in [1.54, 1.807) is 36.8 Å². The van der Waals surface area contributed by atoms with Crippen LogP contribution in [-0.4, -0.2) is 15.9 Å². The monoisotopic (exact) mass is 202 g/mol. The highest BCUT2D eigenvalue weighted by Gasteiger charge is 2.07. The first-order valence-electron chi connectivity index (χ1n) is 4.41.